The number of rotatable bonds is 66. The van der Waals surface area contributed by atoms with Crippen molar-refractivity contribution in [2.24, 2.45) is 0 Å². The topological polar surface area (TPSA) is 371 Å². The van der Waals surface area contributed by atoms with Crippen molar-refractivity contribution in [1.82, 2.24) is 37.2 Å². The Labute approximate surface area is 578 Å². The maximum Gasteiger partial charge on any atom is 0.328 e. The molecule has 0 aromatic rings. The Morgan fingerprint density at radius 2 is 0.729 bits per heavy atom. The van der Waals surface area contributed by atoms with Crippen LogP contribution in [-0.2, 0) is 62.2 Å². The van der Waals surface area contributed by atoms with Crippen molar-refractivity contribution in [2.45, 2.75) is 347 Å². The number of unbranched alkanes of at least 4 members (excludes halogenated alkanes) is 34. The van der Waals surface area contributed by atoms with Crippen LogP contribution in [0, 0.1) is 0 Å². The molecule has 25 heteroatoms. The van der Waals surface area contributed by atoms with Crippen molar-refractivity contribution in [3.05, 3.63) is 0 Å². The van der Waals surface area contributed by atoms with E-state index in [1.807, 2.05) is 5.32 Å². The molecule has 2 unspecified atom stereocenters. The molecule has 7 amide bonds. The molecule has 24 nitrogen and oxygen atoms in total. The number of carbonyl (C=O) groups is 11. The fourth-order valence-electron chi connectivity index (χ4n) is 10.8. The zero-order chi connectivity index (χ0) is 71.4. The molecular weight excluding hydrogens is 1250 g/mol. The number of thioether (sulfide) groups is 1. The lowest BCUT2D eigenvalue weighted by Crippen LogP contribution is -2.60. The fraction of sp³-hybridized carbons (Fsp3) is 0.845. The van der Waals surface area contributed by atoms with E-state index in [4.69, 9.17) is 9.47 Å². The second-order valence-corrected chi connectivity index (χ2v) is 26.9. The van der Waals surface area contributed by atoms with Crippen LogP contribution in [0.25, 0.3) is 0 Å². The molecule has 0 saturated carbocycles. The van der Waals surface area contributed by atoms with Crippen molar-refractivity contribution in [3.63, 3.8) is 0 Å². The third-order valence-corrected chi connectivity index (χ3v) is 17.8. The number of carbonyl (C=O) groups excluding carboxylic acids is 9. The van der Waals surface area contributed by atoms with Gasteiger partial charge in [0.2, 0.25) is 41.4 Å². The molecule has 0 spiro atoms. The number of aliphatic hydroxyl groups is 2. The molecule has 556 valence electrons. The van der Waals surface area contributed by atoms with Gasteiger partial charge in [0.05, 0.1) is 31.8 Å². The van der Waals surface area contributed by atoms with Gasteiger partial charge in [-0.2, -0.15) is 11.8 Å². The lowest BCUT2D eigenvalue weighted by Gasteiger charge is -2.26. The van der Waals surface area contributed by atoms with Crippen LogP contribution in [-0.4, -0.2) is 166 Å². The highest BCUT2D eigenvalue weighted by Gasteiger charge is 2.34. The van der Waals surface area contributed by atoms with Crippen LogP contribution in [0.2, 0.25) is 0 Å². The number of carboxylic acid groups (broad SMARTS) is 2. The minimum atomic E-state index is -1.82. The highest BCUT2D eigenvalue weighted by atomic mass is 32.2. The van der Waals surface area contributed by atoms with E-state index >= 15 is 0 Å². The molecule has 0 aliphatic carbocycles. The quantitative estimate of drug-likeness (QED) is 0.0199. The molecule has 0 saturated heterocycles. The highest BCUT2D eigenvalue weighted by molar-refractivity contribution is 7.99. The zero-order valence-corrected chi connectivity index (χ0v) is 60.3. The van der Waals surface area contributed by atoms with E-state index in [9.17, 15) is 73.2 Å². The maximum absolute atomic E-state index is 13.8. The number of nitrogens with one attached hydrogen (secondary N) is 7. The van der Waals surface area contributed by atoms with E-state index in [0.29, 0.717) is 19.3 Å². The summed E-state index contributed by atoms with van der Waals surface area (Å²) >= 11 is 1.21. The molecule has 0 aliphatic heterocycles. The molecule has 0 bridgehead atoms. The third-order valence-electron chi connectivity index (χ3n) is 16.7. The summed E-state index contributed by atoms with van der Waals surface area (Å²) in [5.41, 5.74) is 0. The van der Waals surface area contributed by atoms with Gasteiger partial charge in [-0.25, -0.2) is 4.79 Å². The van der Waals surface area contributed by atoms with Gasteiger partial charge < -0.3 is 67.1 Å². The van der Waals surface area contributed by atoms with Crippen LogP contribution in [0.3, 0.4) is 0 Å². The minimum Gasteiger partial charge on any atom is -0.481 e. The monoisotopic (exact) mass is 1380 g/mol. The lowest BCUT2D eigenvalue weighted by molar-refractivity contribution is -0.157. The Hall–Kier alpha value is -5.56. The molecule has 0 heterocycles. The normalized spacial score (nSPS) is 13.4. The summed E-state index contributed by atoms with van der Waals surface area (Å²) in [5, 5.41) is 54.9. The number of esters is 2. The first kappa shape index (κ1) is 90.4. The summed E-state index contributed by atoms with van der Waals surface area (Å²) in [7, 11) is 0. The lowest BCUT2D eigenvalue weighted by atomic mass is 10.0. The van der Waals surface area contributed by atoms with E-state index in [0.717, 1.165) is 78.1 Å². The summed E-state index contributed by atoms with van der Waals surface area (Å²) in [6.45, 7) is 6.56. The predicted molar refractivity (Wildman–Crippen MR) is 374 cm³/mol. The number of hydrogen-bond acceptors (Lipinski definition) is 16. The summed E-state index contributed by atoms with van der Waals surface area (Å²) in [6, 6.07) is -6.41. The van der Waals surface area contributed by atoms with Gasteiger partial charge in [-0.15, -0.1) is 0 Å². The van der Waals surface area contributed by atoms with Gasteiger partial charge in [0.25, 0.3) is 0 Å². The first-order valence-electron chi connectivity index (χ1n) is 36.9. The van der Waals surface area contributed by atoms with Crippen molar-refractivity contribution < 1.29 is 82.6 Å². The van der Waals surface area contributed by atoms with Gasteiger partial charge in [0, 0.05) is 37.2 Å². The number of amides is 7. The Balaban J connectivity index is 5.84. The summed E-state index contributed by atoms with van der Waals surface area (Å²) in [6.07, 6.45) is 37.7. The van der Waals surface area contributed by atoms with Gasteiger partial charge in [0.1, 0.15) is 30.8 Å². The molecule has 0 aromatic heterocycles. The first-order valence-corrected chi connectivity index (χ1v) is 38.0. The van der Waals surface area contributed by atoms with Crippen LogP contribution in [0.5, 0.6) is 0 Å². The van der Waals surface area contributed by atoms with Gasteiger partial charge in [-0.05, 0) is 39.5 Å². The third kappa shape index (κ3) is 53.5. The number of aliphatic hydroxyl groups excluding tert-OH is 2. The van der Waals surface area contributed by atoms with Crippen LogP contribution in [0.15, 0.2) is 0 Å². The smallest absolute Gasteiger partial charge is 0.328 e. The van der Waals surface area contributed by atoms with E-state index in [1.165, 1.54) is 166 Å². The van der Waals surface area contributed by atoms with Crippen molar-refractivity contribution in [2.75, 3.05) is 37.7 Å². The molecule has 0 radical (unpaired) electrons. The van der Waals surface area contributed by atoms with Crippen LogP contribution < -0.4 is 37.2 Å². The van der Waals surface area contributed by atoms with Crippen molar-refractivity contribution >= 4 is 77.0 Å². The summed E-state index contributed by atoms with van der Waals surface area (Å²) < 4.78 is 11.6. The summed E-state index contributed by atoms with van der Waals surface area (Å²) in [5.74, 6) is -9.79. The van der Waals surface area contributed by atoms with Crippen LogP contribution in [0.1, 0.15) is 304 Å². The second-order valence-electron chi connectivity index (χ2n) is 25.8. The van der Waals surface area contributed by atoms with Gasteiger partial charge in [-0.1, -0.05) is 239 Å². The van der Waals surface area contributed by atoms with Gasteiger partial charge >= 0.3 is 23.9 Å². The van der Waals surface area contributed by atoms with Crippen molar-refractivity contribution in [1.29, 1.82) is 0 Å². The summed E-state index contributed by atoms with van der Waals surface area (Å²) in [4.78, 5) is 141. The van der Waals surface area contributed by atoms with E-state index in [-0.39, 0.29) is 49.3 Å². The van der Waals surface area contributed by atoms with Gasteiger partial charge in [-0.3, -0.25) is 47.9 Å². The minimum absolute atomic E-state index is 0.00575. The number of ether oxygens (including phenoxy) is 2. The largest absolute Gasteiger partial charge is 0.481 e. The van der Waals surface area contributed by atoms with Crippen LogP contribution >= 0.6 is 11.8 Å². The van der Waals surface area contributed by atoms with E-state index < -0.39 is 128 Å². The standard InChI is InChI=1S/C71H129N7O17S/c1-6-9-12-15-18-21-24-26-29-32-35-38-41-44-64(87)94-51-56(95-65(88)45-42-39-36-33-30-27-25-22-19-16-13-10-7-2)52-96-53-58(76-59(81)43-40-37-34-31-28-23-20-17-14-11-8-3)68(89)74-49-61(83)72-48-60(82)73-50-62(84)75-57(46-47-63(85)86)69(90)77-66(54(4)79)70(91)78-67(55(5)80)71(92)93/h54-58,66-67,79-80H,6-53H2,1-5H3,(H,72,83)(H,73,82)(H,74,89)(H,75,84)(H,76,81)(H,77,90)(H,78,91)(H,85,86)(H,92,93)/t54?,55?,56-,57+,58+,66+,67+/m1/s1. The first-order chi connectivity index (χ1) is 46.1. The Kier molecular flexibility index (Phi) is 58.2. The number of carboxylic acids is 2. The molecule has 96 heavy (non-hydrogen) atoms. The Morgan fingerprint density at radius 1 is 0.365 bits per heavy atom. The highest BCUT2D eigenvalue weighted by Crippen LogP contribution is 2.18. The molecule has 0 aliphatic rings. The fourth-order valence-corrected chi connectivity index (χ4v) is 11.8. The second kappa shape index (κ2) is 61.7. The van der Waals surface area contributed by atoms with Crippen molar-refractivity contribution in [3.8, 4) is 0 Å². The van der Waals surface area contributed by atoms with E-state index in [2.05, 4.69) is 52.7 Å². The molecule has 7 atom stereocenters. The van der Waals surface area contributed by atoms with Gasteiger partial charge in [0.15, 0.2) is 6.04 Å². The zero-order valence-electron chi connectivity index (χ0n) is 59.5. The average molecular weight is 1380 g/mol. The number of hydrogen-bond donors (Lipinski definition) is 11. The molecule has 0 fully saturated rings. The average Bonchev–Trinajstić information content (AvgIpc) is 0.908. The molecular formula is C71H129N7O17S. The Morgan fingerprint density at radius 3 is 1.14 bits per heavy atom. The predicted octanol–water partition coefficient (Wildman–Crippen LogP) is 9.84. The SMILES string of the molecule is CCCCCCCCCCCCCCCC(=O)OC[C@H](CSC[C@H](NC(=O)CCCCCCCCCCCCC)C(=O)NCC(=O)NCC(=O)NCC(=O)N[C@@H](CCC(=O)O)C(=O)N[C@H](C(=O)N[C@H](C(=O)O)C(C)O)C(C)O)OC(=O)CCCCCCCCCCCCCCC. The van der Waals surface area contributed by atoms with E-state index in [1.54, 1.807) is 0 Å². The molecule has 0 aromatic carbocycles. The maximum atomic E-state index is 13.8. The Bertz CT molecular complexity index is 2140. The van der Waals surface area contributed by atoms with Crippen LogP contribution in [0.4, 0.5) is 0 Å². The molecule has 0 rings (SSSR count). The number of aliphatic carboxylic acids is 2. The molecule has 11 N–H and O–H groups in total.